The van der Waals surface area contributed by atoms with Gasteiger partial charge in [-0.25, -0.2) is 4.79 Å². The molecule has 0 radical (unpaired) electrons. The zero-order valence-corrected chi connectivity index (χ0v) is 19.4. The lowest BCUT2D eigenvalue weighted by Crippen LogP contribution is -2.33. The molecular formula is C25H36F3NO2. The Morgan fingerprint density at radius 1 is 1.13 bits per heavy atom. The Labute approximate surface area is 184 Å². The first kappa shape index (κ1) is 25.3. The number of nitrogens with zero attached hydrogens (tertiary/aromatic N) is 1. The van der Waals surface area contributed by atoms with Gasteiger partial charge in [0, 0.05) is 13.1 Å². The average Bonchev–Trinajstić information content (AvgIpc) is 2.93. The van der Waals surface area contributed by atoms with Gasteiger partial charge in [0.1, 0.15) is 0 Å². The van der Waals surface area contributed by atoms with E-state index in [1.54, 1.807) is 17.0 Å². The van der Waals surface area contributed by atoms with Gasteiger partial charge in [-0.2, -0.15) is 13.2 Å². The quantitative estimate of drug-likeness (QED) is 0.438. The number of rotatable bonds is 6. The highest BCUT2D eigenvalue weighted by Gasteiger charge is 2.33. The maximum absolute atomic E-state index is 12.9. The number of hydrogen-bond donors (Lipinski definition) is 0. The number of carbonyl (C=O) groups is 1. The van der Waals surface area contributed by atoms with E-state index in [2.05, 4.69) is 33.8 Å². The minimum atomic E-state index is -4.32. The Bertz CT molecular complexity index is 749. The lowest BCUT2D eigenvalue weighted by atomic mass is 9.71. The van der Waals surface area contributed by atoms with Crippen LogP contribution < -0.4 is 0 Å². The van der Waals surface area contributed by atoms with Gasteiger partial charge in [0.15, 0.2) is 0 Å². The third-order valence-corrected chi connectivity index (χ3v) is 6.19. The third-order valence-electron chi connectivity index (χ3n) is 6.19. The number of halogens is 3. The molecule has 1 amide bonds. The van der Waals surface area contributed by atoms with Crippen molar-refractivity contribution in [2.45, 2.75) is 71.9 Å². The fraction of sp³-hybridized carbons (Fsp3) is 0.640. The monoisotopic (exact) mass is 439 g/mol. The largest absolute Gasteiger partial charge is 0.450 e. The van der Waals surface area contributed by atoms with E-state index in [0.717, 1.165) is 31.2 Å². The van der Waals surface area contributed by atoms with Crippen molar-refractivity contribution in [1.29, 1.82) is 0 Å². The van der Waals surface area contributed by atoms with Gasteiger partial charge >= 0.3 is 12.3 Å². The number of allylic oxidation sites excluding steroid dienone is 2. The summed E-state index contributed by atoms with van der Waals surface area (Å²) in [6.45, 7) is 11.9. The highest BCUT2D eigenvalue weighted by atomic mass is 19.4. The topological polar surface area (TPSA) is 29.5 Å². The Morgan fingerprint density at radius 2 is 1.74 bits per heavy atom. The molecule has 0 bridgehead atoms. The Balaban J connectivity index is 2.17. The summed E-state index contributed by atoms with van der Waals surface area (Å²) in [5.41, 5.74) is 1.26. The molecule has 0 aromatic heterocycles. The van der Waals surface area contributed by atoms with Crippen LogP contribution in [0.25, 0.3) is 0 Å². The molecule has 1 aliphatic heterocycles. The van der Waals surface area contributed by atoms with Gasteiger partial charge in [0.2, 0.25) is 0 Å². The molecule has 2 atom stereocenters. The van der Waals surface area contributed by atoms with Crippen LogP contribution in [0.1, 0.15) is 71.4 Å². The summed E-state index contributed by atoms with van der Waals surface area (Å²) in [6, 6.07) is 5.57. The van der Waals surface area contributed by atoms with Crippen LogP contribution in [-0.2, 0) is 16.3 Å². The molecule has 1 aromatic carbocycles. The first-order valence-electron chi connectivity index (χ1n) is 11.2. The highest BCUT2D eigenvalue weighted by Crippen LogP contribution is 2.39. The lowest BCUT2D eigenvalue weighted by Gasteiger charge is -2.33. The number of likely N-dealkylation sites (tertiary alicyclic amines) is 1. The van der Waals surface area contributed by atoms with Crippen molar-refractivity contribution in [2.75, 3.05) is 19.7 Å². The number of benzene rings is 1. The summed E-state index contributed by atoms with van der Waals surface area (Å²) < 4.78 is 44.0. The predicted molar refractivity (Wildman–Crippen MR) is 118 cm³/mol. The second-order valence-electron chi connectivity index (χ2n) is 9.45. The molecule has 174 valence electrons. The van der Waals surface area contributed by atoms with E-state index < -0.39 is 11.7 Å². The summed E-state index contributed by atoms with van der Waals surface area (Å²) in [7, 11) is 0. The Morgan fingerprint density at radius 3 is 2.29 bits per heavy atom. The van der Waals surface area contributed by atoms with E-state index in [4.69, 9.17) is 4.74 Å². The van der Waals surface area contributed by atoms with Crippen molar-refractivity contribution in [2.24, 2.45) is 11.8 Å². The molecular weight excluding hydrogens is 403 g/mol. The summed E-state index contributed by atoms with van der Waals surface area (Å²) in [6.07, 6.45) is 1.43. The third kappa shape index (κ3) is 7.29. The number of alkyl halides is 3. The van der Waals surface area contributed by atoms with Crippen molar-refractivity contribution in [3.8, 4) is 0 Å². The van der Waals surface area contributed by atoms with E-state index in [1.165, 1.54) is 17.7 Å². The zero-order chi connectivity index (χ0) is 23.2. The van der Waals surface area contributed by atoms with Crippen molar-refractivity contribution >= 4 is 6.09 Å². The van der Waals surface area contributed by atoms with E-state index >= 15 is 0 Å². The number of carbonyl (C=O) groups excluding carboxylic acids is 1. The molecule has 1 aromatic rings. The highest BCUT2D eigenvalue weighted by molar-refractivity contribution is 5.67. The number of amides is 1. The first-order chi connectivity index (χ1) is 14.4. The SMILES string of the molecule is CCOC(=O)N1CCCC(C(C=C(C)C)CC(C)(C)c2ccc(C(F)(F)F)cc2)CC1. The summed E-state index contributed by atoms with van der Waals surface area (Å²) >= 11 is 0. The van der Waals surface area contributed by atoms with Crippen LogP contribution in [0.3, 0.4) is 0 Å². The number of hydrogen-bond acceptors (Lipinski definition) is 2. The van der Waals surface area contributed by atoms with Crippen LogP contribution in [-0.4, -0.2) is 30.7 Å². The lowest BCUT2D eigenvalue weighted by molar-refractivity contribution is -0.137. The van der Waals surface area contributed by atoms with Crippen LogP contribution >= 0.6 is 0 Å². The van der Waals surface area contributed by atoms with Crippen LogP contribution in [0.15, 0.2) is 35.9 Å². The molecule has 6 heteroatoms. The van der Waals surface area contributed by atoms with E-state index in [0.29, 0.717) is 31.5 Å². The second-order valence-corrected chi connectivity index (χ2v) is 9.45. The summed E-state index contributed by atoms with van der Waals surface area (Å²) in [5.74, 6) is 0.715. The Hall–Kier alpha value is -1.98. The minimum Gasteiger partial charge on any atom is -0.450 e. The average molecular weight is 440 g/mol. The molecule has 2 rings (SSSR count). The fourth-order valence-electron chi connectivity index (χ4n) is 4.55. The molecule has 0 aliphatic carbocycles. The van der Waals surface area contributed by atoms with Crippen LogP contribution in [0, 0.1) is 11.8 Å². The molecule has 1 fully saturated rings. The predicted octanol–water partition coefficient (Wildman–Crippen LogP) is 7.21. The standard InChI is InChI=1S/C25H36F3NO2/c1-6-31-23(30)29-14-7-8-19(13-15-29)20(16-18(2)3)17-24(4,5)21-9-11-22(12-10-21)25(26,27)28/h9-12,16,19-20H,6-8,13-15,17H2,1-5H3. The molecule has 31 heavy (non-hydrogen) atoms. The number of ether oxygens (including phenoxy) is 1. The molecule has 1 saturated heterocycles. The van der Waals surface area contributed by atoms with E-state index in [-0.39, 0.29) is 11.5 Å². The normalized spacial score (nSPS) is 18.8. The van der Waals surface area contributed by atoms with Crippen LogP contribution in [0.5, 0.6) is 0 Å². The summed E-state index contributed by atoms with van der Waals surface area (Å²) in [4.78, 5) is 13.9. The van der Waals surface area contributed by atoms with Gasteiger partial charge in [-0.1, -0.05) is 37.6 Å². The fourth-order valence-corrected chi connectivity index (χ4v) is 4.55. The van der Waals surface area contributed by atoms with Gasteiger partial charge < -0.3 is 9.64 Å². The molecule has 2 unspecified atom stereocenters. The van der Waals surface area contributed by atoms with Gasteiger partial charge in [0.25, 0.3) is 0 Å². The van der Waals surface area contributed by atoms with Crippen molar-refractivity contribution in [3.63, 3.8) is 0 Å². The van der Waals surface area contributed by atoms with Crippen LogP contribution in [0.2, 0.25) is 0 Å². The minimum absolute atomic E-state index is 0.244. The molecule has 1 heterocycles. The maximum atomic E-state index is 12.9. The van der Waals surface area contributed by atoms with Crippen molar-refractivity contribution in [1.82, 2.24) is 4.90 Å². The molecule has 0 saturated carbocycles. The Kier molecular flexibility index (Phi) is 8.61. The summed E-state index contributed by atoms with van der Waals surface area (Å²) in [5, 5.41) is 0. The first-order valence-corrected chi connectivity index (χ1v) is 11.2. The molecule has 3 nitrogen and oxygen atoms in total. The van der Waals surface area contributed by atoms with Gasteiger partial charge in [-0.05, 0) is 81.4 Å². The van der Waals surface area contributed by atoms with E-state index in [9.17, 15) is 18.0 Å². The zero-order valence-electron chi connectivity index (χ0n) is 19.4. The smallest absolute Gasteiger partial charge is 0.416 e. The molecule has 0 spiro atoms. The van der Waals surface area contributed by atoms with Crippen molar-refractivity contribution < 1.29 is 22.7 Å². The van der Waals surface area contributed by atoms with Gasteiger partial charge in [0.05, 0.1) is 12.2 Å². The van der Waals surface area contributed by atoms with Crippen LogP contribution in [0.4, 0.5) is 18.0 Å². The van der Waals surface area contributed by atoms with E-state index in [1.807, 2.05) is 6.92 Å². The van der Waals surface area contributed by atoms with Gasteiger partial charge in [-0.3, -0.25) is 0 Å². The van der Waals surface area contributed by atoms with Crippen molar-refractivity contribution in [3.05, 3.63) is 47.0 Å². The molecule has 1 aliphatic rings. The van der Waals surface area contributed by atoms with Gasteiger partial charge in [-0.15, -0.1) is 0 Å². The molecule has 0 N–H and O–H groups in total. The second kappa shape index (κ2) is 10.6. The maximum Gasteiger partial charge on any atom is 0.416 e.